The fourth-order valence-corrected chi connectivity index (χ4v) is 4.35. The van der Waals surface area contributed by atoms with Gasteiger partial charge in [0.2, 0.25) is 0 Å². The lowest BCUT2D eigenvalue weighted by atomic mass is 10.0. The van der Waals surface area contributed by atoms with E-state index in [0.717, 1.165) is 31.6 Å². The van der Waals surface area contributed by atoms with Crippen LogP contribution < -0.4 is 5.32 Å². The monoisotopic (exact) mass is 521 g/mol. The zero-order valence-corrected chi connectivity index (χ0v) is 21.0. The molecule has 0 bridgehead atoms. The first-order valence-electron chi connectivity index (χ1n) is 11.1. The lowest BCUT2D eigenvalue weighted by molar-refractivity contribution is 0.0137. The van der Waals surface area contributed by atoms with Crippen molar-refractivity contribution < 1.29 is 9.53 Å². The summed E-state index contributed by atoms with van der Waals surface area (Å²) in [6.45, 7) is 14.5. The molecule has 3 aliphatic rings. The number of rotatable bonds is 5. The number of hydrogen-bond acceptors (Lipinski definition) is 6. The van der Waals surface area contributed by atoms with Crippen molar-refractivity contribution in [3.8, 4) is 0 Å². The van der Waals surface area contributed by atoms with Gasteiger partial charge in [0, 0.05) is 32.2 Å². The van der Waals surface area contributed by atoms with Gasteiger partial charge >= 0.3 is 6.09 Å². The van der Waals surface area contributed by atoms with Crippen molar-refractivity contribution in [3.63, 3.8) is 0 Å². The SMILES string of the molecule is CC1CCCCN1CCCCNC1=NCC2CN(C(=O)OC(C)(C)C)CCN12.I. The van der Waals surface area contributed by atoms with Gasteiger partial charge in [-0.1, -0.05) is 6.42 Å². The number of fused-ring (bicyclic) bond motifs is 1. The molecular weight excluding hydrogens is 481 g/mol. The van der Waals surface area contributed by atoms with Crippen molar-refractivity contribution >= 4 is 36.0 Å². The summed E-state index contributed by atoms with van der Waals surface area (Å²) in [6, 6.07) is 1.03. The van der Waals surface area contributed by atoms with Gasteiger partial charge < -0.3 is 24.8 Å². The van der Waals surface area contributed by atoms with Crippen LogP contribution in [-0.4, -0.2) is 90.3 Å². The summed E-state index contributed by atoms with van der Waals surface area (Å²) in [4.78, 5) is 23.8. The first-order valence-corrected chi connectivity index (χ1v) is 11.1. The number of likely N-dealkylation sites (tertiary alicyclic amines) is 1. The standard InChI is InChI=1S/C21H39N5O2.HI/c1-17-9-5-7-11-24(17)12-8-6-10-22-19-23-15-18-16-25(13-14-26(18)19)20(27)28-21(2,3)4;/h17-18H,5-16H2,1-4H3,(H,22,23);1H. The second-order valence-corrected chi connectivity index (χ2v) is 9.45. The van der Waals surface area contributed by atoms with E-state index in [1.54, 1.807) is 0 Å². The Kier molecular flexibility index (Phi) is 9.31. The molecule has 0 radical (unpaired) electrons. The van der Waals surface area contributed by atoms with Gasteiger partial charge in [-0.2, -0.15) is 0 Å². The average molecular weight is 521 g/mol. The summed E-state index contributed by atoms with van der Waals surface area (Å²) in [5.74, 6) is 1.01. The van der Waals surface area contributed by atoms with Crippen molar-refractivity contribution in [2.24, 2.45) is 4.99 Å². The third-order valence-corrected chi connectivity index (χ3v) is 5.95. The minimum absolute atomic E-state index is 0. The molecule has 0 spiro atoms. The molecule has 0 aromatic heterocycles. The van der Waals surface area contributed by atoms with E-state index in [4.69, 9.17) is 9.73 Å². The second kappa shape index (κ2) is 11.0. The highest BCUT2D eigenvalue weighted by molar-refractivity contribution is 14.0. The number of carbonyl (C=O) groups is 1. The Hall–Kier alpha value is -0.770. The Morgan fingerprint density at radius 2 is 2.00 bits per heavy atom. The number of aliphatic imine (C=N–C) groups is 1. The number of hydrogen-bond donors (Lipinski definition) is 1. The molecule has 0 aromatic carbocycles. The van der Waals surface area contributed by atoms with Gasteiger partial charge in [0.15, 0.2) is 5.96 Å². The maximum atomic E-state index is 12.3. The van der Waals surface area contributed by atoms with Crippen LogP contribution in [0.3, 0.4) is 0 Å². The lowest BCUT2D eigenvalue weighted by Crippen LogP contribution is -2.57. The van der Waals surface area contributed by atoms with Gasteiger partial charge in [-0.05, 0) is 66.5 Å². The van der Waals surface area contributed by atoms with Gasteiger partial charge in [-0.25, -0.2) is 4.79 Å². The van der Waals surface area contributed by atoms with Crippen LogP contribution in [0.25, 0.3) is 0 Å². The highest BCUT2D eigenvalue weighted by Crippen LogP contribution is 2.19. The number of amides is 1. The Morgan fingerprint density at radius 1 is 1.21 bits per heavy atom. The van der Waals surface area contributed by atoms with E-state index in [0.29, 0.717) is 13.1 Å². The molecular formula is C21H40IN5O2. The van der Waals surface area contributed by atoms with Crippen molar-refractivity contribution in [2.45, 2.75) is 77.5 Å². The fourth-order valence-electron chi connectivity index (χ4n) is 4.35. The minimum Gasteiger partial charge on any atom is -0.444 e. The van der Waals surface area contributed by atoms with E-state index in [2.05, 4.69) is 22.0 Å². The quantitative estimate of drug-likeness (QED) is 0.445. The van der Waals surface area contributed by atoms with Crippen LogP contribution in [0.15, 0.2) is 4.99 Å². The number of guanidine groups is 1. The summed E-state index contributed by atoms with van der Waals surface area (Å²) in [7, 11) is 0. The molecule has 2 atom stereocenters. The zero-order chi connectivity index (χ0) is 20.1. The van der Waals surface area contributed by atoms with Crippen LogP contribution in [0.2, 0.25) is 0 Å². The Bertz CT molecular complexity index is 566. The Labute approximate surface area is 193 Å². The van der Waals surface area contributed by atoms with E-state index in [9.17, 15) is 4.79 Å². The highest BCUT2D eigenvalue weighted by Gasteiger charge is 2.36. The molecule has 2 fully saturated rings. The molecule has 7 nitrogen and oxygen atoms in total. The summed E-state index contributed by atoms with van der Waals surface area (Å²) in [5.41, 5.74) is -0.445. The molecule has 2 saturated heterocycles. The predicted molar refractivity (Wildman–Crippen MR) is 128 cm³/mol. The molecule has 2 unspecified atom stereocenters. The van der Waals surface area contributed by atoms with E-state index in [-0.39, 0.29) is 36.1 Å². The average Bonchev–Trinajstić information content (AvgIpc) is 3.04. The second-order valence-electron chi connectivity index (χ2n) is 9.45. The first kappa shape index (κ1) is 24.5. The highest BCUT2D eigenvalue weighted by atomic mass is 127. The topological polar surface area (TPSA) is 60.4 Å². The molecule has 168 valence electrons. The van der Waals surface area contributed by atoms with Crippen LogP contribution >= 0.6 is 24.0 Å². The van der Waals surface area contributed by atoms with Gasteiger partial charge in [-0.15, -0.1) is 24.0 Å². The van der Waals surface area contributed by atoms with Crippen molar-refractivity contribution in [1.82, 2.24) is 20.0 Å². The molecule has 1 N–H and O–H groups in total. The fraction of sp³-hybridized carbons (Fsp3) is 0.905. The van der Waals surface area contributed by atoms with Gasteiger partial charge in [-0.3, -0.25) is 4.99 Å². The van der Waals surface area contributed by atoms with Gasteiger partial charge in [0.05, 0.1) is 12.6 Å². The van der Waals surface area contributed by atoms with Crippen molar-refractivity contribution in [2.75, 3.05) is 45.8 Å². The molecule has 3 rings (SSSR count). The molecule has 0 aliphatic carbocycles. The normalized spacial score (nSPS) is 25.2. The number of nitrogens with one attached hydrogen (secondary N) is 1. The molecule has 3 heterocycles. The van der Waals surface area contributed by atoms with Gasteiger partial charge in [0.25, 0.3) is 0 Å². The number of piperidine rings is 1. The third kappa shape index (κ3) is 7.15. The molecule has 0 saturated carbocycles. The lowest BCUT2D eigenvalue weighted by Gasteiger charge is -2.39. The number of piperazine rings is 1. The Balaban J connectivity index is 0.00000300. The summed E-state index contributed by atoms with van der Waals surface area (Å²) >= 11 is 0. The molecule has 29 heavy (non-hydrogen) atoms. The number of carbonyl (C=O) groups excluding carboxylic acids is 1. The number of unbranched alkanes of at least 4 members (excludes halogenated alkanes) is 1. The minimum atomic E-state index is -0.445. The number of ether oxygens (including phenoxy) is 1. The summed E-state index contributed by atoms with van der Waals surface area (Å²) < 4.78 is 5.51. The molecule has 3 aliphatic heterocycles. The Morgan fingerprint density at radius 3 is 2.72 bits per heavy atom. The van der Waals surface area contributed by atoms with E-state index in [1.807, 2.05) is 25.7 Å². The maximum absolute atomic E-state index is 12.3. The molecule has 8 heteroatoms. The van der Waals surface area contributed by atoms with Crippen LogP contribution in [0.5, 0.6) is 0 Å². The van der Waals surface area contributed by atoms with Crippen LogP contribution in [0.1, 0.15) is 59.8 Å². The molecule has 0 aromatic rings. The van der Waals surface area contributed by atoms with E-state index >= 15 is 0 Å². The third-order valence-electron chi connectivity index (χ3n) is 5.95. The van der Waals surface area contributed by atoms with E-state index < -0.39 is 5.60 Å². The van der Waals surface area contributed by atoms with Crippen molar-refractivity contribution in [3.05, 3.63) is 0 Å². The van der Waals surface area contributed by atoms with Gasteiger partial charge in [0.1, 0.15) is 5.60 Å². The number of halogens is 1. The largest absolute Gasteiger partial charge is 0.444 e. The van der Waals surface area contributed by atoms with Crippen LogP contribution in [-0.2, 0) is 4.74 Å². The predicted octanol–water partition coefficient (Wildman–Crippen LogP) is 3.14. The smallest absolute Gasteiger partial charge is 0.410 e. The number of nitrogens with zero attached hydrogens (tertiary/aromatic N) is 4. The zero-order valence-electron chi connectivity index (χ0n) is 18.7. The van der Waals surface area contributed by atoms with E-state index in [1.165, 1.54) is 45.2 Å². The maximum Gasteiger partial charge on any atom is 0.410 e. The van der Waals surface area contributed by atoms with Crippen molar-refractivity contribution in [1.29, 1.82) is 0 Å². The summed E-state index contributed by atoms with van der Waals surface area (Å²) in [5, 5.41) is 3.53. The van der Waals surface area contributed by atoms with Crippen LogP contribution in [0.4, 0.5) is 4.79 Å². The first-order chi connectivity index (χ1) is 13.3. The molecule has 1 amide bonds. The van der Waals surface area contributed by atoms with Crippen LogP contribution in [0, 0.1) is 0 Å². The summed E-state index contributed by atoms with van der Waals surface area (Å²) in [6.07, 6.45) is 6.30.